The third-order valence-electron chi connectivity index (χ3n) is 4.98. The first-order chi connectivity index (χ1) is 13.7. The van der Waals surface area contributed by atoms with E-state index in [1.54, 1.807) is 13.0 Å². The number of hydrogen-bond acceptors (Lipinski definition) is 11. The van der Waals surface area contributed by atoms with Crippen LogP contribution in [0, 0.1) is 6.92 Å². The molecule has 2 aliphatic heterocycles. The van der Waals surface area contributed by atoms with Crippen LogP contribution in [-0.2, 0) is 14.2 Å². The lowest BCUT2D eigenvalue weighted by atomic mass is 9.98. The molecule has 0 aromatic heterocycles. The Labute approximate surface area is 166 Å². The monoisotopic (exact) mass is 418 g/mol. The molecule has 2 heterocycles. The predicted molar refractivity (Wildman–Crippen MR) is 93.9 cm³/mol. The number of aryl methyl sites for hydroxylation is 1. The lowest BCUT2D eigenvalue weighted by Crippen LogP contribution is -2.62. The summed E-state index contributed by atoms with van der Waals surface area (Å²) < 4.78 is 21.9. The summed E-state index contributed by atoms with van der Waals surface area (Å²) in [6, 6.07) is 4.37. The Hall–Kier alpha value is -1.54. The van der Waals surface area contributed by atoms with Crippen LogP contribution in [0.3, 0.4) is 0 Å². The number of hydrogen-bond donors (Lipinski definition) is 7. The lowest BCUT2D eigenvalue weighted by Gasteiger charge is -2.42. The molecule has 164 valence electrons. The average molecular weight is 418 g/mol. The van der Waals surface area contributed by atoms with Gasteiger partial charge in [-0.3, -0.25) is 0 Å². The molecule has 0 radical (unpaired) electrons. The second-order valence-corrected chi connectivity index (χ2v) is 7.32. The van der Waals surface area contributed by atoms with Crippen molar-refractivity contribution in [2.45, 2.75) is 55.6 Å². The summed E-state index contributed by atoms with van der Waals surface area (Å²) in [6.07, 6.45) is -10.2. The maximum atomic E-state index is 10.5. The summed E-state index contributed by atoms with van der Waals surface area (Å²) in [4.78, 5) is 0. The fraction of sp³-hybridized carbons (Fsp3) is 0.667. The Morgan fingerprint density at radius 1 is 1.10 bits per heavy atom. The summed E-state index contributed by atoms with van der Waals surface area (Å²) in [6.45, 7) is -0.0971. The third-order valence-corrected chi connectivity index (χ3v) is 4.98. The average Bonchev–Trinajstić information content (AvgIpc) is 2.95. The molecule has 29 heavy (non-hydrogen) atoms. The van der Waals surface area contributed by atoms with Gasteiger partial charge in [0.25, 0.3) is 0 Å². The second kappa shape index (κ2) is 8.68. The minimum Gasteiger partial charge on any atom is -0.508 e. The van der Waals surface area contributed by atoms with Crippen LogP contribution in [0.4, 0.5) is 0 Å². The highest BCUT2D eigenvalue weighted by atomic mass is 16.8. The summed E-state index contributed by atoms with van der Waals surface area (Å²) in [5.41, 5.74) is -1.27. The van der Waals surface area contributed by atoms with Crippen molar-refractivity contribution in [3.05, 3.63) is 23.8 Å². The molecule has 3 rings (SSSR count). The first-order valence-electron chi connectivity index (χ1n) is 9.06. The molecule has 1 aromatic carbocycles. The Bertz CT molecular complexity index is 680. The fourth-order valence-electron chi connectivity index (χ4n) is 3.29. The van der Waals surface area contributed by atoms with Gasteiger partial charge in [0.2, 0.25) is 6.29 Å². The number of rotatable bonds is 6. The fourth-order valence-corrected chi connectivity index (χ4v) is 3.29. The van der Waals surface area contributed by atoms with Gasteiger partial charge < -0.3 is 54.7 Å². The molecule has 7 N–H and O–H groups in total. The Morgan fingerprint density at radius 3 is 2.41 bits per heavy atom. The Balaban J connectivity index is 1.82. The molecule has 1 aromatic rings. The van der Waals surface area contributed by atoms with Crippen molar-refractivity contribution in [2.75, 3.05) is 19.8 Å². The first kappa shape index (κ1) is 22.2. The highest BCUT2D eigenvalue weighted by molar-refractivity contribution is 5.37. The van der Waals surface area contributed by atoms with Gasteiger partial charge in [0.15, 0.2) is 12.4 Å². The van der Waals surface area contributed by atoms with Gasteiger partial charge in [-0.1, -0.05) is 0 Å². The first-order valence-corrected chi connectivity index (χ1v) is 9.06. The van der Waals surface area contributed by atoms with Crippen molar-refractivity contribution < 1.29 is 54.7 Å². The van der Waals surface area contributed by atoms with Crippen LogP contribution in [0.5, 0.6) is 11.5 Å². The van der Waals surface area contributed by atoms with Gasteiger partial charge in [-0.2, -0.15) is 0 Å². The van der Waals surface area contributed by atoms with Crippen molar-refractivity contribution in [1.82, 2.24) is 0 Å². The number of benzene rings is 1. The van der Waals surface area contributed by atoms with Crippen LogP contribution in [-0.4, -0.2) is 104 Å². The molecular weight excluding hydrogens is 392 g/mol. The van der Waals surface area contributed by atoms with E-state index in [9.17, 15) is 35.7 Å². The quantitative estimate of drug-likeness (QED) is 0.256. The van der Waals surface area contributed by atoms with Crippen molar-refractivity contribution >= 4 is 0 Å². The Kier molecular flexibility index (Phi) is 6.63. The molecule has 0 spiro atoms. The maximum absolute atomic E-state index is 10.5. The smallest absolute Gasteiger partial charge is 0.229 e. The number of phenolic OH excluding ortho intramolecular Hbond substituents is 1. The molecule has 11 nitrogen and oxygen atoms in total. The normalized spacial score (nSPS) is 40.2. The molecule has 8 unspecified atom stereocenters. The van der Waals surface area contributed by atoms with Crippen LogP contribution in [0.15, 0.2) is 18.2 Å². The zero-order valence-corrected chi connectivity index (χ0v) is 15.7. The van der Waals surface area contributed by atoms with E-state index < -0.39 is 68.5 Å². The standard InChI is InChI=1S/C18H26O11/c1-8-2-9(21)4-10(3-8)27-16-14(13(23)12(22)11(5-19)28-16)29-17-15(24)18(25,6-20)7-26-17/h2-4,11-17,19-25H,5-7H2,1H3. The van der Waals surface area contributed by atoms with Crippen LogP contribution >= 0.6 is 0 Å². The minimum atomic E-state index is -1.95. The number of aromatic hydroxyl groups is 1. The van der Waals surface area contributed by atoms with Crippen LogP contribution in [0.2, 0.25) is 0 Å². The second-order valence-electron chi connectivity index (χ2n) is 7.32. The molecule has 0 amide bonds. The van der Waals surface area contributed by atoms with Crippen molar-refractivity contribution in [2.24, 2.45) is 0 Å². The van der Waals surface area contributed by atoms with E-state index >= 15 is 0 Å². The molecule has 2 fully saturated rings. The summed E-state index contributed by atoms with van der Waals surface area (Å²) >= 11 is 0. The van der Waals surface area contributed by atoms with Crippen molar-refractivity contribution in [1.29, 1.82) is 0 Å². The van der Waals surface area contributed by atoms with Gasteiger partial charge >= 0.3 is 0 Å². The van der Waals surface area contributed by atoms with Gasteiger partial charge in [-0.25, -0.2) is 0 Å². The number of aliphatic hydroxyl groups is 6. The highest BCUT2D eigenvalue weighted by Crippen LogP contribution is 2.32. The molecule has 0 bridgehead atoms. The van der Waals surface area contributed by atoms with Crippen LogP contribution in [0.1, 0.15) is 5.56 Å². The zero-order valence-electron chi connectivity index (χ0n) is 15.7. The third kappa shape index (κ3) is 4.48. The van der Waals surface area contributed by atoms with Crippen molar-refractivity contribution in [3.63, 3.8) is 0 Å². The zero-order chi connectivity index (χ0) is 21.3. The molecule has 0 aliphatic carbocycles. The number of ether oxygens (including phenoxy) is 4. The van der Waals surface area contributed by atoms with Crippen molar-refractivity contribution in [3.8, 4) is 11.5 Å². The summed E-state index contributed by atoms with van der Waals surface area (Å²) in [5.74, 6) is 0.0938. The van der Waals surface area contributed by atoms with E-state index in [-0.39, 0.29) is 11.5 Å². The molecule has 8 atom stereocenters. The summed E-state index contributed by atoms with van der Waals surface area (Å²) in [5, 5.41) is 69.3. The van der Waals surface area contributed by atoms with Gasteiger partial charge in [-0.05, 0) is 24.6 Å². The van der Waals surface area contributed by atoms with Gasteiger partial charge in [-0.15, -0.1) is 0 Å². The number of aliphatic hydroxyl groups excluding tert-OH is 5. The van der Waals surface area contributed by atoms with E-state index in [1.807, 2.05) is 0 Å². The van der Waals surface area contributed by atoms with E-state index in [0.29, 0.717) is 5.56 Å². The molecule has 2 aliphatic rings. The lowest BCUT2D eigenvalue weighted by molar-refractivity contribution is -0.318. The minimum absolute atomic E-state index is 0.0740. The van der Waals surface area contributed by atoms with E-state index in [0.717, 1.165) is 0 Å². The molecule has 11 heteroatoms. The molecular formula is C18H26O11. The SMILES string of the molecule is Cc1cc(O)cc(OC2OC(CO)C(O)C(O)C2OC2OCC(O)(CO)C2O)c1. The number of phenols is 1. The highest BCUT2D eigenvalue weighted by Gasteiger charge is 2.53. The van der Waals surface area contributed by atoms with E-state index in [4.69, 9.17) is 18.9 Å². The van der Waals surface area contributed by atoms with Gasteiger partial charge in [0.1, 0.15) is 41.5 Å². The van der Waals surface area contributed by atoms with Crippen LogP contribution in [0.25, 0.3) is 0 Å². The van der Waals surface area contributed by atoms with E-state index in [1.165, 1.54) is 12.1 Å². The van der Waals surface area contributed by atoms with Crippen LogP contribution < -0.4 is 4.74 Å². The largest absolute Gasteiger partial charge is 0.508 e. The summed E-state index contributed by atoms with van der Waals surface area (Å²) in [7, 11) is 0. The molecule has 0 saturated carbocycles. The van der Waals surface area contributed by atoms with Gasteiger partial charge in [0.05, 0.1) is 19.8 Å². The molecule has 2 saturated heterocycles. The predicted octanol–water partition coefficient (Wildman–Crippen LogP) is -2.66. The van der Waals surface area contributed by atoms with E-state index in [2.05, 4.69) is 0 Å². The van der Waals surface area contributed by atoms with Gasteiger partial charge in [0, 0.05) is 6.07 Å². The Morgan fingerprint density at radius 2 is 1.83 bits per heavy atom. The topological polar surface area (TPSA) is 179 Å². The maximum Gasteiger partial charge on any atom is 0.229 e.